The number of benzene rings is 1. The van der Waals surface area contributed by atoms with E-state index >= 15 is 0 Å². The number of anilines is 2. The van der Waals surface area contributed by atoms with Gasteiger partial charge in [0.25, 0.3) is 0 Å². The quantitative estimate of drug-likeness (QED) is 0.779. The lowest BCUT2D eigenvalue weighted by atomic mass is 10.2. The molecule has 2 heterocycles. The summed E-state index contributed by atoms with van der Waals surface area (Å²) in [5.41, 5.74) is 1.26. The Morgan fingerprint density at radius 3 is 2.95 bits per heavy atom. The number of fused-ring (bicyclic) bond motifs is 1. The standard InChI is InChI=1S/C14H12N4O/c15-10-11-14(17-7-6-16-11)18-8-3-9-19-13-5-2-1-4-12(13)18/h1-2,4-7H,3,8-9H2. The van der Waals surface area contributed by atoms with Crippen LogP contribution in [-0.4, -0.2) is 23.1 Å². The molecule has 5 heteroatoms. The van der Waals surface area contributed by atoms with Crippen molar-refractivity contribution in [3.05, 3.63) is 42.4 Å². The van der Waals surface area contributed by atoms with Crippen molar-refractivity contribution >= 4 is 11.5 Å². The summed E-state index contributed by atoms with van der Waals surface area (Å²) in [6.07, 6.45) is 4.00. The largest absolute Gasteiger partial charge is 0.491 e. The highest BCUT2D eigenvalue weighted by Crippen LogP contribution is 2.35. The van der Waals surface area contributed by atoms with Gasteiger partial charge in [0.05, 0.1) is 12.3 Å². The van der Waals surface area contributed by atoms with E-state index in [9.17, 15) is 0 Å². The summed E-state index contributed by atoms with van der Waals surface area (Å²) in [5, 5.41) is 9.16. The van der Waals surface area contributed by atoms with Crippen LogP contribution in [0.2, 0.25) is 0 Å². The molecule has 0 unspecified atom stereocenters. The van der Waals surface area contributed by atoms with E-state index in [0.29, 0.717) is 18.1 Å². The molecule has 0 spiro atoms. The molecule has 1 aromatic heterocycles. The fourth-order valence-corrected chi connectivity index (χ4v) is 2.15. The maximum Gasteiger partial charge on any atom is 0.183 e. The van der Waals surface area contributed by atoms with Crippen LogP contribution in [0.5, 0.6) is 5.75 Å². The molecule has 2 aromatic rings. The van der Waals surface area contributed by atoms with Crippen molar-refractivity contribution in [3.8, 4) is 11.8 Å². The highest BCUT2D eigenvalue weighted by atomic mass is 16.5. The summed E-state index contributed by atoms with van der Waals surface area (Å²) < 4.78 is 5.70. The second-order valence-electron chi connectivity index (χ2n) is 4.16. The molecule has 94 valence electrons. The van der Waals surface area contributed by atoms with E-state index in [1.54, 1.807) is 6.20 Å². The van der Waals surface area contributed by atoms with Crippen molar-refractivity contribution in [2.45, 2.75) is 6.42 Å². The summed E-state index contributed by atoms with van der Waals surface area (Å²) in [5.74, 6) is 1.40. The molecular formula is C14H12N4O. The maximum atomic E-state index is 9.16. The van der Waals surface area contributed by atoms with Crippen molar-refractivity contribution in [1.82, 2.24) is 9.97 Å². The number of hydrogen-bond donors (Lipinski definition) is 0. The average Bonchev–Trinajstić information content (AvgIpc) is 2.69. The summed E-state index contributed by atoms with van der Waals surface area (Å²) in [6, 6.07) is 9.87. The normalized spacial score (nSPS) is 13.9. The van der Waals surface area contributed by atoms with E-state index in [2.05, 4.69) is 16.0 Å². The smallest absolute Gasteiger partial charge is 0.183 e. The Morgan fingerprint density at radius 2 is 2.05 bits per heavy atom. The molecular weight excluding hydrogens is 240 g/mol. The Bertz CT molecular complexity index is 635. The molecule has 5 nitrogen and oxygen atoms in total. The van der Waals surface area contributed by atoms with Crippen LogP contribution >= 0.6 is 0 Å². The second kappa shape index (κ2) is 4.94. The van der Waals surface area contributed by atoms with E-state index in [4.69, 9.17) is 10.00 Å². The van der Waals surface area contributed by atoms with Gasteiger partial charge >= 0.3 is 0 Å². The van der Waals surface area contributed by atoms with Crippen LogP contribution in [0.15, 0.2) is 36.7 Å². The van der Waals surface area contributed by atoms with Crippen molar-refractivity contribution in [3.63, 3.8) is 0 Å². The third-order valence-corrected chi connectivity index (χ3v) is 2.98. The van der Waals surface area contributed by atoms with E-state index in [1.165, 1.54) is 6.20 Å². The molecule has 0 fully saturated rings. The molecule has 0 saturated heterocycles. The van der Waals surface area contributed by atoms with Crippen LogP contribution in [0.1, 0.15) is 12.1 Å². The Balaban J connectivity index is 2.12. The SMILES string of the molecule is N#Cc1nccnc1N1CCCOc2ccccc21. The molecule has 19 heavy (non-hydrogen) atoms. The number of para-hydroxylation sites is 2. The van der Waals surface area contributed by atoms with Crippen molar-refractivity contribution in [2.75, 3.05) is 18.1 Å². The van der Waals surface area contributed by atoms with Crippen LogP contribution in [0.25, 0.3) is 0 Å². The zero-order chi connectivity index (χ0) is 13.1. The third-order valence-electron chi connectivity index (χ3n) is 2.98. The molecule has 0 amide bonds. The van der Waals surface area contributed by atoms with Gasteiger partial charge in [-0.05, 0) is 18.6 Å². The molecule has 0 aliphatic carbocycles. The number of rotatable bonds is 1. The van der Waals surface area contributed by atoms with Crippen molar-refractivity contribution in [1.29, 1.82) is 5.26 Å². The van der Waals surface area contributed by atoms with Crippen LogP contribution in [-0.2, 0) is 0 Å². The van der Waals surface area contributed by atoms with Gasteiger partial charge in [-0.25, -0.2) is 9.97 Å². The van der Waals surface area contributed by atoms with E-state index in [0.717, 1.165) is 24.4 Å². The molecule has 1 aliphatic rings. The summed E-state index contributed by atoms with van der Waals surface area (Å²) in [4.78, 5) is 10.4. The Labute approximate surface area is 111 Å². The van der Waals surface area contributed by atoms with E-state index < -0.39 is 0 Å². The third kappa shape index (κ3) is 2.08. The van der Waals surface area contributed by atoms with Crippen LogP contribution < -0.4 is 9.64 Å². The highest BCUT2D eigenvalue weighted by molar-refractivity contribution is 5.69. The van der Waals surface area contributed by atoms with Gasteiger partial charge in [0.1, 0.15) is 11.8 Å². The van der Waals surface area contributed by atoms with E-state index in [-0.39, 0.29) is 0 Å². The monoisotopic (exact) mass is 252 g/mol. The Hall–Kier alpha value is -2.61. The maximum absolute atomic E-state index is 9.16. The topological polar surface area (TPSA) is 62.0 Å². The molecule has 1 aliphatic heterocycles. The fourth-order valence-electron chi connectivity index (χ4n) is 2.15. The predicted octanol–water partition coefficient (Wildman–Crippen LogP) is 2.27. The number of hydrogen-bond acceptors (Lipinski definition) is 5. The minimum atomic E-state index is 0.333. The van der Waals surface area contributed by atoms with Gasteiger partial charge < -0.3 is 9.64 Å². The van der Waals surface area contributed by atoms with Gasteiger partial charge in [0.15, 0.2) is 11.5 Å². The summed E-state index contributed by atoms with van der Waals surface area (Å²) in [7, 11) is 0. The first-order valence-corrected chi connectivity index (χ1v) is 6.10. The number of nitrogens with zero attached hydrogens (tertiary/aromatic N) is 4. The van der Waals surface area contributed by atoms with Gasteiger partial charge in [-0.1, -0.05) is 12.1 Å². The molecule has 0 bridgehead atoms. The Morgan fingerprint density at radius 1 is 1.21 bits per heavy atom. The summed E-state index contributed by atoms with van der Waals surface area (Å²) in [6.45, 7) is 1.42. The average molecular weight is 252 g/mol. The lowest BCUT2D eigenvalue weighted by molar-refractivity contribution is 0.322. The van der Waals surface area contributed by atoms with Gasteiger partial charge in [0, 0.05) is 18.9 Å². The predicted molar refractivity (Wildman–Crippen MR) is 70.3 cm³/mol. The fraction of sp³-hybridized carbons (Fsp3) is 0.214. The van der Waals surface area contributed by atoms with Gasteiger partial charge in [-0.2, -0.15) is 5.26 Å². The molecule has 0 N–H and O–H groups in total. The molecule has 0 radical (unpaired) electrons. The van der Waals surface area contributed by atoms with Crippen molar-refractivity contribution in [2.24, 2.45) is 0 Å². The first-order chi connectivity index (χ1) is 9.40. The minimum Gasteiger partial charge on any atom is -0.491 e. The zero-order valence-corrected chi connectivity index (χ0v) is 10.3. The number of nitriles is 1. The minimum absolute atomic E-state index is 0.333. The van der Waals surface area contributed by atoms with E-state index in [1.807, 2.05) is 29.2 Å². The van der Waals surface area contributed by atoms with Crippen molar-refractivity contribution < 1.29 is 4.74 Å². The van der Waals surface area contributed by atoms with Crippen LogP contribution in [0.3, 0.4) is 0 Å². The molecule has 0 saturated carbocycles. The molecule has 0 atom stereocenters. The van der Waals surface area contributed by atoms with Gasteiger partial charge in [0.2, 0.25) is 0 Å². The molecule has 3 rings (SSSR count). The molecule has 1 aromatic carbocycles. The van der Waals surface area contributed by atoms with Gasteiger partial charge in [-0.3, -0.25) is 0 Å². The lowest BCUT2D eigenvalue weighted by Gasteiger charge is -2.22. The zero-order valence-electron chi connectivity index (χ0n) is 10.3. The Kier molecular flexibility index (Phi) is 2.99. The van der Waals surface area contributed by atoms with Crippen LogP contribution in [0, 0.1) is 11.3 Å². The first kappa shape index (κ1) is 11.5. The number of aromatic nitrogens is 2. The lowest BCUT2D eigenvalue weighted by Crippen LogP contribution is -2.20. The highest BCUT2D eigenvalue weighted by Gasteiger charge is 2.21. The van der Waals surface area contributed by atoms with Gasteiger partial charge in [-0.15, -0.1) is 0 Å². The number of ether oxygens (including phenoxy) is 1. The summed E-state index contributed by atoms with van der Waals surface area (Å²) >= 11 is 0. The second-order valence-corrected chi connectivity index (χ2v) is 4.16. The van der Waals surface area contributed by atoms with Crippen LogP contribution in [0.4, 0.5) is 11.5 Å². The first-order valence-electron chi connectivity index (χ1n) is 6.10.